The minimum absolute atomic E-state index is 0.333. The molecule has 2 atom stereocenters. The third-order valence-electron chi connectivity index (χ3n) is 3.79. The fourth-order valence-electron chi connectivity index (χ4n) is 2.81. The fourth-order valence-corrected chi connectivity index (χ4v) is 2.81. The Hall–Kier alpha value is -2.32. The largest absolute Gasteiger partial charge is 0.467 e. The van der Waals surface area contributed by atoms with E-state index in [0.717, 1.165) is 0 Å². The van der Waals surface area contributed by atoms with Crippen LogP contribution in [0.25, 0.3) is 0 Å². The highest BCUT2D eigenvalue weighted by Gasteiger charge is 2.39. The number of hydrogen-bond acceptors (Lipinski definition) is 7. The second-order valence-electron chi connectivity index (χ2n) is 8.70. The number of hydrogen-bond donors (Lipinski definition) is 1. The van der Waals surface area contributed by atoms with Gasteiger partial charge in [-0.3, -0.25) is 9.59 Å². The first-order chi connectivity index (χ1) is 12.7. The molecule has 0 aromatic rings. The fraction of sp³-hybridized carbons (Fsp3) is 0.789. The zero-order valence-electron chi connectivity index (χ0n) is 17.8. The number of methoxy groups -OCH3 is 1. The van der Waals surface area contributed by atoms with Crippen molar-refractivity contribution in [3.8, 4) is 0 Å². The van der Waals surface area contributed by atoms with Gasteiger partial charge in [0.1, 0.15) is 23.3 Å². The Morgan fingerprint density at radius 3 is 2.11 bits per heavy atom. The molecule has 1 heterocycles. The number of esters is 2. The molecule has 1 N–H and O–H groups in total. The molecule has 2 amide bonds. The molecule has 0 bridgehead atoms. The summed E-state index contributed by atoms with van der Waals surface area (Å²) in [5, 5.41) is 2.44. The first kappa shape index (κ1) is 23.7. The summed E-state index contributed by atoms with van der Waals surface area (Å²) in [4.78, 5) is 50.7. The molecular formula is C19H32N2O7. The van der Waals surface area contributed by atoms with Crippen molar-refractivity contribution >= 4 is 23.9 Å². The molecule has 0 radical (unpaired) electrons. The molecule has 1 aliphatic rings. The number of nitrogens with one attached hydrogen (secondary N) is 1. The molecule has 0 aliphatic carbocycles. The Labute approximate surface area is 166 Å². The van der Waals surface area contributed by atoms with Crippen LogP contribution in [0.1, 0.15) is 60.8 Å². The van der Waals surface area contributed by atoms with E-state index in [0.29, 0.717) is 19.4 Å². The maximum absolute atomic E-state index is 13.0. The highest BCUT2D eigenvalue weighted by Crippen LogP contribution is 2.21. The van der Waals surface area contributed by atoms with Crippen LogP contribution >= 0.6 is 0 Å². The molecular weight excluding hydrogens is 368 g/mol. The summed E-state index contributed by atoms with van der Waals surface area (Å²) >= 11 is 0. The molecule has 28 heavy (non-hydrogen) atoms. The maximum Gasteiger partial charge on any atom is 0.408 e. The topological polar surface area (TPSA) is 111 Å². The van der Waals surface area contributed by atoms with Crippen LogP contribution in [0, 0.1) is 0 Å². The summed E-state index contributed by atoms with van der Waals surface area (Å²) in [5.74, 6) is -1.72. The quantitative estimate of drug-likeness (QED) is 0.553. The number of likely N-dealkylation sites (tertiary alicyclic amines) is 1. The molecule has 160 valence electrons. The average molecular weight is 400 g/mol. The van der Waals surface area contributed by atoms with Gasteiger partial charge in [0, 0.05) is 6.54 Å². The maximum atomic E-state index is 13.0. The predicted molar refractivity (Wildman–Crippen MR) is 100 cm³/mol. The van der Waals surface area contributed by atoms with Gasteiger partial charge in [-0.1, -0.05) is 0 Å². The Balaban J connectivity index is 2.98. The van der Waals surface area contributed by atoms with Gasteiger partial charge in [-0.15, -0.1) is 0 Å². The molecule has 1 saturated heterocycles. The molecule has 2 unspecified atom stereocenters. The normalized spacial score (nSPS) is 18.2. The third-order valence-corrected chi connectivity index (χ3v) is 3.79. The summed E-state index contributed by atoms with van der Waals surface area (Å²) in [6, 6.07) is -1.95. The van der Waals surface area contributed by atoms with Gasteiger partial charge >= 0.3 is 18.0 Å². The summed E-state index contributed by atoms with van der Waals surface area (Å²) in [6.07, 6.45) is -0.121. The third kappa shape index (κ3) is 7.74. The summed E-state index contributed by atoms with van der Waals surface area (Å²) in [6.45, 7) is 10.5. The molecule has 0 saturated carbocycles. The van der Waals surface area contributed by atoms with E-state index >= 15 is 0 Å². The molecule has 0 aromatic carbocycles. The van der Waals surface area contributed by atoms with E-state index in [1.807, 2.05) is 0 Å². The summed E-state index contributed by atoms with van der Waals surface area (Å²) in [7, 11) is 1.25. The minimum Gasteiger partial charge on any atom is -0.467 e. The first-order valence-electron chi connectivity index (χ1n) is 9.33. The van der Waals surface area contributed by atoms with Crippen LogP contribution in [0.5, 0.6) is 0 Å². The lowest BCUT2D eigenvalue weighted by Crippen LogP contribution is -2.53. The van der Waals surface area contributed by atoms with E-state index in [2.05, 4.69) is 5.32 Å². The van der Waals surface area contributed by atoms with Gasteiger partial charge in [-0.2, -0.15) is 0 Å². The Kier molecular flexibility index (Phi) is 7.84. The summed E-state index contributed by atoms with van der Waals surface area (Å²) < 4.78 is 15.2. The van der Waals surface area contributed by atoms with E-state index in [4.69, 9.17) is 14.2 Å². The Morgan fingerprint density at radius 2 is 1.61 bits per heavy atom. The lowest BCUT2D eigenvalue weighted by atomic mass is 10.1. The Morgan fingerprint density at radius 1 is 1.04 bits per heavy atom. The number of alkyl carbamates (subject to hydrolysis) is 1. The monoisotopic (exact) mass is 400 g/mol. The smallest absolute Gasteiger partial charge is 0.408 e. The van der Waals surface area contributed by atoms with E-state index in [1.54, 1.807) is 41.5 Å². The molecule has 1 fully saturated rings. The number of rotatable bonds is 5. The number of nitrogens with zero attached hydrogens (tertiary/aromatic N) is 1. The van der Waals surface area contributed by atoms with Gasteiger partial charge in [0.2, 0.25) is 5.91 Å². The van der Waals surface area contributed by atoms with Crippen molar-refractivity contribution in [1.82, 2.24) is 10.2 Å². The lowest BCUT2D eigenvalue weighted by molar-refractivity contribution is -0.158. The van der Waals surface area contributed by atoms with Crippen molar-refractivity contribution in [3.63, 3.8) is 0 Å². The van der Waals surface area contributed by atoms with Crippen LogP contribution in [-0.2, 0) is 28.6 Å². The molecule has 1 rings (SSSR count). The Bertz CT molecular complexity index is 574. The SMILES string of the molecule is COC(=O)C1CCCN1C(=O)C(CC(=O)OC(C)(C)C)NC(=O)OC(C)(C)C. The van der Waals surface area contributed by atoms with Gasteiger partial charge in [-0.25, -0.2) is 9.59 Å². The predicted octanol–water partition coefficient (Wildman–Crippen LogP) is 1.78. The van der Waals surface area contributed by atoms with E-state index < -0.39 is 47.2 Å². The van der Waals surface area contributed by atoms with Gasteiger partial charge in [0.25, 0.3) is 0 Å². The van der Waals surface area contributed by atoms with Crippen molar-refractivity contribution in [2.24, 2.45) is 0 Å². The summed E-state index contributed by atoms with van der Waals surface area (Å²) in [5.41, 5.74) is -1.51. The van der Waals surface area contributed by atoms with Crippen molar-refractivity contribution in [2.75, 3.05) is 13.7 Å². The zero-order valence-corrected chi connectivity index (χ0v) is 17.8. The number of ether oxygens (including phenoxy) is 3. The van der Waals surface area contributed by atoms with E-state index in [-0.39, 0.29) is 6.42 Å². The molecule has 1 aliphatic heterocycles. The molecule has 9 nitrogen and oxygen atoms in total. The van der Waals surface area contributed by atoms with Crippen molar-refractivity contribution in [2.45, 2.75) is 84.1 Å². The van der Waals surface area contributed by atoms with E-state index in [1.165, 1.54) is 12.0 Å². The van der Waals surface area contributed by atoms with Gasteiger partial charge in [-0.05, 0) is 54.4 Å². The lowest BCUT2D eigenvalue weighted by Gasteiger charge is -2.29. The van der Waals surface area contributed by atoms with Crippen molar-refractivity contribution in [1.29, 1.82) is 0 Å². The first-order valence-corrected chi connectivity index (χ1v) is 9.33. The van der Waals surface area contributed by atoms with Crippen LogP contribution in [-0.4, -0.2) is 65.8 Å². The molecule has 0 aromatic heterocycles. The van der Waals surface area contributed by atoms with Gasteiger partial charge in [0.15, 0.2) is 0 Å². The average Bonchev–Trinajstić information content (AvgIpc) is 2.98. The van der Waals surface area contributed by atoms with Crippen LogP contribution in [0.2, 0.25) is 0 Å². The molecule has 0 spiro atoms. The van der Waals surface area contributed by atoms with Crippen molar-refractivity contribution in [3.05, 3.63) is 0 Å². The van der Waals surface area contributed by atoms with Crippen molar-refractivity contribution < 1.29 is 33.4 Å². The minimum atomic E-state index is -1.21. The van der Waals surface area contributed by atoms with Gasteiger partial charge in [0.05, 0.1) is 13.5 Å². The van der Waals surface area contributed by atoms with Crippen LogP contribution < -0.4 is 5.32 Å². The number of carbonyl (C=O) groups excluding carboxylic acids is 4. The zero-order chi connectivity index (χ0) is 21.7. The van der Waals surface area contributed by atoms with E-state index in [9.17, 15) is 19.2 Å². The highest BCUT2D eigenvalue weighted by molar-refractivity contribution is 5.92. The second kappa shape index (κ2) is 9.25. The van der Waals surface area contributed by atoms with Crippen LogP contribution in [0.4, 0.5) is 4.79 Å². The van der Waals surface area contributed by atoms with Gasteiger partial charge < -0.3 is 24.4 Å². The standard InChI is InChI=1S/C19H32N2O7/c1-18(2,3)27-14(22)11-12(20-17(25)28-19(4,5)6)15(23)21-10-8-9-13(21)16(24)26-7/h12-13H,8-11H2,1-7H3,(H,20,25). The van der Waals surface area contributed by atoms with Crippen LogP contribution in [0.3, 0.4) is 0 Å². The van der Waals surface area contributed by atoms with Crippen LogP contribution in [0.15, 0.2) is 0 Å². The number of carbonyl (C=O) groups is 4. The second-order valence-corrected chi connectivity index (χ2v) is 8.70. The highest BCUT2D eigenvalue weighted by atomic mass is 16.6. The molecule has 9 heteroatoms. The number of amides is 2.